The molecule has 0 saturated carbocycles. The Kier molecular flexibility index (Phi) is 42.5. The summed E-state index contributed by atoms with van der Waals surface area (Å²) in [5.74, 6) is -3.18. The first kappa shape index (κ1) is 119. The minimum Gasteiger partial charge on any atom is -0.508 e. The predicted octanol–water partition coefficient (Wildman–Crippen LogP) is 26.8. The molecule has 4 aliphatic rings. The highest BCUT2D eigenvalue weighted by atomic mass is 16.5. The van der Waals surface area contributed by atoms with E-state index in [2.05, 4.69) is 111 Å². The normalized spacial score (nSPS) is 15.0. The monoisotopic (exact) mass is 2060 g/mol. The minimum atomic E-state index is -0.345. The lowest BCUT2D eigenvalue weighted by Crippen LogP contribution is -2.30. The number of carbonyl (C=O) groups excluding carboxylic acids is 4. The molecule has 30 nitrogen and oxygen atoms in total. The summed E-state index contributed by atoms with van der Waals surface area (Å²) >= 11 is 0. The first-order chi connectivity index (χ1) is 70.3. The molecule has 0 fully saturated rings. The molecule has 0 saturated heterocycles. The van der Waals surface area contributed by atoms with Crippen molar-refractivity contribution in [2.45, 2.75) is 286 Å². The van der Waals surface area contributed by atoms with Gasteiger partial charge in [-0.25, -0.2) is 0 Å². The van der Waals surface area contributed by atoms with E-state index in [4.69, 9.17) is 28.4 Å². The molecule has 12 rings (SSSR count). The molecule has 0 bridgehead atoms. The van der Waals surface area contributed by atoms with Crippen LogP contribution in [0.25, 0.3) is 0 Å². The van der Waals surface area contributed by atoms with Crippen molar-refractivity contribution in [3.8, 4) is 69.0 Å². The largest absolute Gasteiger partial charge is 0.508 e. The molecule has 15 N–H and O–H groups in total. The number of allylic oxidation sites excluding steroid dienone is 8. The van der Waals surface area contributed by atoms with Crippen LogP contribution in [0.2, 0.25) is 0 Å². The van der Waals surface area contributed by atoms with Gasteiger partial charge in [0.2, 0.25) is 0 Å². The minimum absolute atomic E-state index is 0.0673. The summed E-state index contributed by atoms with van der Waals surface area (Å²) in [5, 5.41) is 133. The predicted molar refractivity (Wildman–Crippen MR) is 595 cm³/mol. The molecule has 3 atom stereocenters. The zero-order valence-electron chi connectivity index (χ0n) is 91.6. The molecular formula is C119H162N8O22. The Morgan fingerprint density at radius 1 is 0.282 bits per heavy atom. The Balaban J connectivity index is 0.000000221. The fraction of sp³-hybridized carbons (Fsp3) is 0.462. The Morgan fingerprint density at radius 3 is 0.893 bits per heavy atom. The lowest BCUT2D eigenvalue weighted by atomic mass is 9.89. The summed E-state index contributed by atoms with van der Waals surface area (Å²) in [4.78, 5) is 61.7. The van der Waals surface area contributed by atoms with E-state index in [1.807, 2.05) is 52.0 Å². The molecule has 4 amide bonds. The van der Waals surface area contributed by atoms with Gasteiger partial charge in [0.15, 0.2) is 0 Å². The van der Waals surface area contributed by atoms with Crippen LogP contribution in [0.1, 0.15) is 293 Å². The van der Waals surface area contributed by atoms with Crippen molar-refractivity contribution in [3.05, 3.63) is 213 Å². The standard InChI is InChI=1S/C31H44N2O6.C30H42N2O6.2C29H38N2O5/c1-21(11-9-16-31(4,39-7)17-10-15-30(2,3)38-6)14-18-33-24-19-22(34)20-26(36)28(24)32(5)27-23(29(33)37)12-8-13-25(27)35;1-20(10-8-15-30(4,38-6)16-9-14-29(2,3)37-5)13-17-32-23-18-21(33)19-25(35)27(23)31-26-22(28(32)36)11-7-12-24(26)34;1-19(2)9-7-14-29(4,36-5)15-8-10-20(3)13-16-31-23-17-21(32)18-25(34)27(23)30-26-22(28(31)35)11-6-12-24(26)33;1-19(11-8-15-29(3,4)36-5)9-6-10-20(2)14-16-31-23-17-21(32)18-25(34)27(23)30-26-22(28(31)35)12-7-13-24(26)33/h8,12-14,19-20,34-36H,9-11,15-18H2,1-7H3;7,11-13,18-19,31,33-35H,8-10,14-17H2,1-6H3;6,9,11-13,17-18,30,32-34H,7-8,10,14-16H2,1-5H3;7,9,12-14,17-18,30,32-34H,6,8,10-11,15-16H2,1-5H3/b21-14+;2*20-13+;19-9+,20-14+. The van der Waals surface area contributed by atoms with Crippen molar-refractivity contribution in [1.82, 2.24) is 0 Å². The molecule has 810 valence electrons. The van der Waals surface area contributed by atoms with E-state index < -0.39 is 0 Å². The number of rotatable bonds is 44. The number of nitrogens with zero attached hydrogens (tertiary/aromatic N) is 5. The molecule has 0 aliphatic carbocycles. The number of phenolic OH excluding ortho intramolecular Hbond substituents is 12. The van der Waals surface area contributed by atoms with E-state index in [1.165, 1.54) is 104 Å². The molecule has 3 unspecified atom stereocenters. The summed E-state index contributed by atoms with van der Waals surface area (Å²) in [5.41, 5.74) is 10.8. The molecule has 149 heavy (non-hydrogen) atoms. The van der Waals surface area contributed by atoms with E-state index in [-0.39, 0.29) is 203 Å². The highest BCUT2D eigenvalue weighted by Gasteiger charge is 2.38. The van der Waals surface area contributed by atoms with Gasteiger partial charge < -0.3 is 130 Å². The molecule has 4 aliphatic heterocycles. The molecule has 8 aromatic rings. The van der Waals surface area contributed by atoms with E-state index >= 15 is 0 Å². The molecule has 0 spiro atoms. The lowest BCUT2D eigenvalue weighted by molar-refractivity contribution is -0.0246. The van der Waals surface area contributed by atoms with Crippen LogP contribution in [0.3, 0.4) is 0 Å². The Bertz CT molecular complexity index is 6190. The van der Waals surface area contributed by atoms with Crippen LogP contribution in [0.15, 0.2) is 191 Å². The van der Waals surface area contributed by atoms with Crippen molar-refractivity contribution in [3.63, 3.8) is 0 Å². The number of para-hydroxylation sites is 4. The fourth-order valence-corrected chi connectivity index (χ4v) is 18.6. The van der Waals surface area contributed by atoms with Crippen LogP contribution in [0, 0.1) is 0 Å². The number of ether oxygens (including phenoxy) is 6. The van der Waals surface area contributed by atoms with Gasteiger partial charge in [-0.2, -0.15) is 0 Å². The summed E-state index contributed by atoms with van der Waals surface area (Å²) in [6, 6.07) is 29.5. The summed E-state index contributed by atoms with van der Waals surface area (Å²) in [6.07, 6.45) is 33.3. The van der Waals surface area contributed by atoms with Crippen molar-refractivity contribution in [1.29, 1.82) is 0 Å². The summed E-state index contributed by atoms with van der Waals surface area (Å²) in [6.45, 7) is 34.6. The van der Waals surface area contributed by atoms with Crippen molar-refractivity contribution in [2.24, 2.45) is 0 Å². The SMILES string of the molecule is COC(C)(C)CCC/C(C)=C/CC/C(C)=C/CN1C(=O)c2cccc(O)c2Nc2c(O)cc(O)cc21.COC(C)(C)CCCC(C)(CCC/C(C)=C/CN1C(=O)c2cccc(O)c2N(C)c2c(O)cc(O)cc21)OC.COC(C)(C)CCCC(C)(CCC/C(C)=C/CN1C(=O)c2cccc(O)c2Nc2c(O)cc(O)cc21)OC.COC(C)(CCC=C(C)C)CCC/C(C)=C/CN1C(=O)c2cccc(O)c2Nc2c(O)cc(O)cc21. The van der Waals surface area contributed by atoms with Crippen LogP contribution in [-0.2, 0) is 28.4 Å². The smallest absolute Gasteiger partial charge is 0.260 e. The molecular weight excluding hydrogens is 1890 g/mol. The van der Waals surface area contributed by atoms with E-state index in [9.17, 15) is 80.5 Å². The number of amides is 4. The lowest BCUT2D eigenvalue weighted by Gasteiger charge is -2.30. The van der Waals surface area contributed by atoms with Crippen LogP contribution in [0.4, 0.5) is 68.2 Å². The van der Waals surface area contributed by atoms with Gasteiger partial charge in [0.1, 0.15) is 91.7 Å². The number of methoxy groups -OCH3 is 6. The van der Waals surface area contributed by atoms with Crippen molar-refractivity contribution in [2.75, 3.05) is 116 Å². The molecule has 8 aromatic carbocycles. The van der Waals surface area contributed by atoms with Crippen LogP contribution >= 0.6 is 0 Å². The van der Waals surface area contributed by atoms with Crippen LogP contribution in [0.5, 0.6) is 69.0 Å². The second-order valence-electron chi connectivity index (χ2n) is 42.4. The van der Waals surface area contributed by atoms with Gasteiger partial charge >= 0.3 is 0 Å². The number of nitrogens with one attached hydrogen (secondary N) is 3. The maximum atomic E-state index is 13.7. The van der Waals surface area contributed by atoms with Crippen LogP contribution in [-0.4, -0.2) is 194 Å². The van der Waals surface area contributed by atoms with Gasteiger partial charge in [0, 0.05) is 124 Å². The maximum Gasteiger partial charge on any atom is 0.260 e. The van der Waals surface area contributed by atoms with Gasteiger partial charge in [-0.15, -0.1) is 0 Å². The van der Waals surface area contributed by atoms with Gasteiger partial charge in [-0.05, 0) is 301 Å². The maximum absolute atomic E-state index is 13.7. The number of carbonyl (C=O) groups is 4. The van der Waals surface area contributed by atoms with Gasteiger partial charge in [-0.1, -0.05) is 94.2 Å². The third kappa shape index (κ3) is 32.6. The zero-order valence-corrected chi connectivity index (χ0v) is 91.6. The van der Waals surface area contributed by atoms with Crippen LogP contribution < -0.4 is 40.4 Å². The number of aromatic hydroxyl groups is 12. The van der Waals surface area contributed by atoms with Crippen molar-refractivity contribution < 1.29 is 109 Å². The number of fused-ring (bicyclic) bond motifs is 8. The quantitative estimate of drug-likeness (QED) is 0.00958. The second kappa shape index (κ2) is 53.2. The first-order valence-corrected chi connectivity index (χ1v) is 51.3. The first-order valence-electron chi connectivity index (χ1n) is 51.3. The molecule has 30 heteroatoms. The third-order valence-corrected chi connectivity index (χ3v) is 29.0. The molecule has 4 heterocycles. The second-order valence-corrected chi connectivity index (χ2v) is 42.4. The van der Waals surface area contributed by atoms with E-state index in [1.54, 1.807) is 103 Å². The number of hydrogen-bond acceptors (Lipinski definition) is 26. The Hall–Kier alpha value is -13.4. The third-order valence-electron chi connectivity index (χ3n) is 29.0. The summed E-state index contributed by atoms with van der Waals surface area (Å²) in [7, 11) is 12.2. The average Bonchev–Trinajstić information content (AvgIpc) is 1.62. The number of benzene rings is 8. The highest BCUT2D eigenvalue weighted by Crippen LogP contribution is 2.53. The van der Waals surface area contributed by atoms with Crippen molar-refractivity contribution >= 4 is 91.9 Å². The Labute approximate surface area is 880 Å². The van der Waals surface area contributed by atoms with E-state index in [0.29, 0.717) is 39.7 Å². The number of hydrogen-bond donors (Lipinski definition) is 15. The Morgan fingerprint density at radius 2 is 0.557 bits per heavy atom. The fourth-order valence-electron chi connectivity index (χ4n) is 18.6. The number of anilines is 12. The topological polar surface area (TPSA) is 419 Å². The number of phenols is 12. The average molecular weight is 2060 g/mol. The summed E-state index contributed by atoms with van der Waals surface area (Å²) < 4.78 is 34.1. The van der Waals surface area contributed by atoms with E-state index in [0.717, 1.165) is 164 Å². The van der Waals surface area contributed by atoms with Gasteiger partial charge in [0.05, 0.1) is 101 Å². The molecule has 0 radical (unpaired) electrons. The van der Waals surface area contributed by atoms with Gasteiger partial charge in [-0.3, -0.25) is 19.2 Å². The molecule has 0 aromatic heterocycles. The van der Waals surface area contributed by atoms with Gasteiger partial charge in [0.25, 0.3) is 23.6 Å². The zero-order chi connectivity index (χ0) is 110. The highest BCUT2D eigenvalue weighted by molar-refractivity contribution is 6.19.